The first-order chi connectivity index (χ1) is 8.72. The van der Waals surface area contributed by atoms with Crippen molar-refractivity contribution in [1.29, 1.82) is 5.26 Å². The lowest BCUT2D eigenvalue weighted by Crippen LogP contribution is -2.24. The van der Waals surface area contributed by atoms with E-state index in [1.165, 1.54) is 0 Å². The number of thiophene rings is 1. The van der Waals surface area contributed by atoms with Crippen molar-refractivity contribution in [3.63, 3.8) is 0 Å². The highest BCUT2D eigenvalue weighted by Crippen LogP contribution is 2.39. The third-order valence-corrected chi connectivity index (χ3v) is 5.27. The minimum Gasteiger partial charge on any atom is -0.396 e. The number of hydrogen-bond donors (Lipinski definition) is 2. The number of nitrogens with zero attached hydrogens (tertiary/aromatic N) is 1. The summed E-state index contributed by atoms with van der Waals surface area (Å²) in [5.74, 6) is 0.353. The van der Waals surface area contributed by atoms with Crippen LogP contribution in [0.1, 0.15) is 32.1 Å². The van der Waals surface area contributed by atoms with E-state index in [0.29, 0.717) is 10.9 Å². The van der Waals surface area contributed by atoms with Crippen molar-refractivity contribution in [3.8, 4) is 6.07 Å². The van der Waals surface area contributed by atoms with Gasteiger partial charge < -0.3 is 11.1 Å². The SMILES string of the molecule is CCC(Nc1sc(C#N)c(N)c1S(C)(=O)=O)C(C)C. The zero-order valence-electron chi connectivity index (χ0n) is 11.5. The third-order valence-electron chi connectivity index (χ3n) is 2.93. The summed E-state index contributed by atoms with van der Waals surface area (Å²) in [6, 6.07) is 2.08. The third kappa shape index (κ3) is 3.39. The Morgan fingerprint density at radius 2 is 2.05 bits per heavy atom. The molecule has 0 fully saturated rings. The van der Waals surface area contributed by atoms with E-state index in [0.717, 1.165) is 24.0 Å². The van der Waals surface area contributed by atoms with Gasteiger partial charge in [-0.1, -0.05) is 20.8 Å². The summed E-state index contributed by atoms with van der Waals surface area (Å²) >= 11 is 1.10. The summed E-state index contributed by atoms with van der Waals surface area (Å²) in [5.41, 5.74) is 5.81. The van der Waals surface area contributed by atoms with Crippen LogP contribution in [0.4, 0.5) is 10.7 Å². The van der Waals surface area contributed by atoms with E-state index in [2.05, 4.69) is 19.2 Å². The molecule has 7 heteroatoms. The van der Waals surface area contributed by atoms with Gasteiger partial charge in [-0.25, -0.2) is 8.42 Å². The molecular formula is C12H19N3O2S2. The fraction of sp³-hybridized carbons (Fsp3) is 0.583. The van der Waals surface area contributed by atoms with Crippen molar-refractivity contribution in [2.24, 2.45) is 5.92 Å². The lowest BCUT2D eigenvalue weighted by molar-refractivity contribution is 0.511. The van der Waals surface area contributed by atoms with Crippen LogP contribution in [0.25, 0.3) is 0 Å². The predicted octanol–water partition coefficient (Wildman–Crippen LogP) is 2.45. The van der Waals surface area contributed by atoms with E-state index >= 15 is 0 Å². The number of nitrogen functional groups attached to an aromatic ring is 1. The van der Waals surface area contributed by atoms with Gasteiger partial charge in [-0.05, 0) is 12.3 Å². The molecule has 1 rings (SSSR count). The summed E-state index contributed by atoms with van der Waals surface area (Å²) in [4.78, 5) is 0.287. The van der Waals surface area contributed by atoms with Crippen molar-refractivity contribution in [2.45, 2.75) is 38.1 Å². The maximum Gasteiger partial charge on any atom is 0.180 e. The Hall–Kier alpha value is -1.26. The van der Waals surface area contributed by atoms with Gasteiger partial charge in [0.05, 0.1) is 5.69 Å². The van der Waals surface area contributed by atoms with Crippen molar-refractivity contribution >= 4 is 31.9 Å². The molecule has 5 nitrogen and oxygen atoms in total. The van der Waals surface area contributed by atoms with Crippen LogP contribution in [0.3, 0.4) is 0 Å². The first-order valence-electron chi connectivity index (χ1n) is 6.01. The largest absolute Gasteiger partial charge is 0.396 e. The summed E-state index contributed by atoms with van der Waals surface area (Å²) < 4.78 is 23.6. The standard InChI is InChI=1S/C12H19N3O2S2/c1-5-8(7(2)3)15-12-11(19(4,16)17)10(14)9(6-13)18-12/h7-8,15H,5,14H2,1-4H3. The Bertz CT molecular complexity index is 597. The average molecular weight is 301 g/mol. The van der Waals surface area contributed by atoms with Crippen LogP contribution in [-0.2, 0) is 9.84 Å². The lowest BCUT2D eigenvalue weighted by Gasteiger charge is -2.21. The van der Waals surface area contributed by atoms with Crippen molar-refractivity contribution in [2.75, 3.05) is 17.3 Å². The number of nitriles is 1. The van der Waals surface area contributed by atoms with Gasteiger partial charge in [0.2, 0.25) is 0 Å². The second-order valence-electron chi connectivity index (χ2n) is 4.79. The summed E-state index contributed by atoms with van der Waals surface area (Å²) in [6.45, 7) is 6.15. The van der Waals surface area contributed by atoms with Gasteiger partial charge in [-0.15, -0.1) is 11.3 Å². The smallest absolute Gasteiger partial charge is 0.180 e. The van der Waals surface area contributed by atoms with E-state index in [-0.39, 0.29) is 21.5 Å². The molecule has 0 spiro atoms. The average Bonchev–Trinajstić information content (AvgIpc) is 2.61. The number of nitrogens with one attached hydrogen (secondary N) is 1. The molecule has 1 atom stereocenters. The van der Waals surface area contributed by atoms with Crippen LogP contribution in [0, 0.1) is 17.2 Å². The lowest BCUT2D eigenvalue weighted by atomic mass is 10.0. The zero-order chi connectivity index (χ0) is 14.8. The minimum absolute atomic E-state index is 0.0492. The predicted molar refractivity (Wildman–Crippen MR) is 79.1 cm³/mol. The number of rotatable bonds is 5. The maximum atomic E-state index is 11.8. The molecule has 0 saturated heterocycles. The van der Waals surface area contributed by atoms with Crippen LogP contribution >= 0.6 is 11.3 Å². The fourth-order valence-electron chi connectivity index (χ4n) is 1.88. The molecule has 0 aliphatic heterocycles. The quantitative estimate of drug-likeness (QED) is 0.871. The van der Waals surface area contributed by atoms with E-state index in [1.807, 2.05) is 13.0 Å². The molecule has 106 valence electrons. The van der Waals surface area contributed by atoms with Gasteiger partial charge in [0, 0.05) is 12.3 Å². The highest BCUT2D eigenvalue weighted by Gasteiger charge is 2.25. The topological polar surface area (TPSA) is 96.0 Å². The highest BCUT2D eigenvalue weighted by molar-refractivity contribution is 7.91. The first kappa shape index (κ1) is 15.8. The Morgan fingerprint density at radius 1 is 1.47 bits per heavy atom. The Balaban J connectivity index is 3.32. The van der Waals surface area contributed by atoms with Crippen LogP contribution < -0.4 is 11.1 Å². The van der Waals surface area contributed by atoms with Crippen LogP contribution in [0.2, 0.25) is 0 Å². The molecule has 19 heavy (non-hydrogen) atoms. The van der Waals surface area contributed by atoms with Crippen LogP contribution in [0.5, 0.6) is 0 Å². The van der Waals surface area contributed by atoms with E-state index < -0.39 is 9.84 Å². The number of anilines is 2. The second kappa shape index (κ2) is 5.80. The fourth-order valence-corrected chi connectivity index (χ4v) is 4.30. The van der Waals surface area contributed by atoms with Crippen molar-refractivity contribution in [3.05, 3.63) is 4.88 Å². The molecule has 0 amide bonds. The number of nitrogens with two attached hydrogens (primary N) is 1. The molecule has 1 aromatic rings. The molecule has 3 N–H and O–H groups in total. The van der Waals surface area contributed by atoms with Gasteiger partial charge >= 0.3 is 0 Å². The number of hydrogen-bond acceptors (Lipinski definition) is 6. The Labute approximate surface area is 118 Å². The molecule has 0 aromatic carbocycles. The Kier molecular flexibility index (Phi) is 4.82. The molecule has 0 radical (unpaired) electrons. The molecule has 0 aliphatic carbocycles. The normalized spacial score (nSPS) is 13.3. The molecule has 1 unspecified atom stereocenters. The van der Waals surface area contributed by atoms with Gasteiger partial charge in [0.1, 0.15) is 20.8 Å². The summed E-state index contributed by atoms with van der Waals surface area (Å²) in [5, 5.41) is 12.7. The van der Waals surface area contributed by atoms with Crippen LogP contribution in [0.15, 0.2) is 4.90 Å². The van der Waals surface area contributed by atoms with Crippen molar-refractivity contribution in [1.82, 2.24) is 0 Å². The zero-order valence-corrected chi connectivity index (χ0v) is 13.2. The maximum absolute atomic E-state index is 11.8. The first-order valence-corrected chi connectivity index (χ1v) is 8.72. The molecule has 0 aliphatic rings. The van der Waals surface area contributed by atoms with E-state index in [1.54, 1.807) is 0 Å². The summed E-state index contributed by atoms with van der Waals surface area (Å²) in [6.07, 6.45) is 1.97. The number of sulfone groups is 1. The van der Waals surface area contributed by atoms with Crippen molar-refractivity contribution < 1.29 is 8.42 Å². The minimum atomic E-state index is -3.46. The van der Waals surface area contributed by atoms with Gasteiger partial charge in [0.25, 0.3) is 0 Å². The van der Waals surface area contributed by atoms with Gasteiger partial charge in [-0.2, -0.15) is 5.26 Å². The molecule has 1 heterocycles. The Morgan fingerprint density at radius 3 is 2.42 bits per heavy atom. The summed E-state index contributed by atoms with van der Waals surface area (Å²) in [7, 11) is -3.46. The second-order valence-corrected chi connectivity index (χ2v) is 7.76. The molecular weight excluding hydrogens is 282 g/mol. The van der Waals surface area contributed by atoms with Crippen LogP contribution in [-0.4, -0.2) is 20.7 Å². The molecule has 0 saturated carbocycles. The van der Waals surface area contributed by atoms with Gasteiger partial charge in [0.15, 0.2) is 9.84 Å². The highest BCUT2D eigenvalue weighted by atomic mass is 32.2. The molecule has 0 bridgehead atoms. The monoisotopic (exact) mass is 301 g/mol. The molecule has 1 aromatic heterocycles. The van der Waals surface area contributed by atoms with E-state index in [9.17, 15) is 8.42 Å². The van der Waals surface area contributed by atoms with E-state index in [4.69, 9.17) is 11.0 Å². The van der Waals surface area contributed by atoms with Gasteiger partial charge in [-0.3, -0.25) is 0 Å².